The molecule has 94 valence electrons. The maximum absolute atomic E-state index is 6.18. The van der Waals surface area contributed by atoms with Gasteiger partial charge in [0.05, 0.1) is 0 Å². The fraction of sp³-hybridized carbons (Fsp3) is 0.231. The third kappa shape index (κ3) is 3.12. The Morgan fingerprint density at radius 3 is 2.83 bits per heavy atom. The molecular weight excluding hydrogens is 269 g/mol. The van der Waals surface area contributed by atoms with Gasteiger partial charge in [0.1, 0.15) is 12.7 Å². The van der Waals surface area contributed by atoms with Crippen LogP contribution in [0.2, 0.25) is 10.0 Å². The Morgan fingerprint density at radius 2 is 2.22 bits per heavy atom. The molecule has 0 amide bonds. The summed E-state index contributed by atoms with van der Waals surface area (Å²) >= 11 is 12.1. The third-order valence-electron chi connectivity index (χ3n) is 2.54. The molecule has 2 rings (SSSR count). The van der Waals surface area contributed by atoms with Gasteiger partial charge in [0, 0.05) is 22.2 Å². The topological polar surface area (TPSA) is 30.7 Å². The second kappa shape index (κ2) is 6.03. The Bertz CT molecular complexity index is 547. The first-order valence-corrected chi connectivity index (χ1v) is 6.44. The van der Waals surface area contributed by atoms with Gasteiger partial charge in [0.15, 0.2) is 0 Å². The first-order valence-electron chi connectivity index (χ1n) is 5.68. The Kier molecular flexibility index (Phi) is 4.39. The van der Waals surface area contributed by atoms with Gasteiger partial charge in [-0.2, -0.15) is 5.10 Å². The molecule has 2 aromatic rings. The van der Waals surface area contributed by atoms with Crippen molar-refractivity contribution in [2.45, 2.75) is 19.8 Å². The van der Waals surface area contributed by atoms with Gasteiger partial charge in [-0.3, -0.25) is 0 Å². The number of benzene rings is 1. The Morgan fingerprint density at radius 1 is 1.39 bits per heavy atom. The van der Waals surface area contributed by atoms with E-state index in [1.54, 1.807) is 17.1 Å². The van der Waals surface area contributed by atoms with Crippen LogP contribution in [0.5, 0.6) is 0 Å². The molecule has 0 unspecified atom stereocenters. The fourth-order valence-corrected chi connectivity index (χ4v) is 2.17. The number of rotatable bonds is 4. The summed E-state index contributed by atoms with van der Waals surface area (Å²) in [5.74, 6) is 0. The Balaban J connectivity index is 2.27. The average Bonchev–Trinajstić information content (AvgIpc) is 2.85. The van der Waals surface area contributed by atoms with Gasteiger partial charge in [-0.05, 0) is 24.1 Å². The molecule has 0 saturated carbocycles. The van der Waals surface area contributed by atoms with E-state index in [0.29, 0.717) is 16.5 Å². The quantitative estimate of drug-likeness (QED) is 0.846. The van der Waals surface area contributed by atoms with Crippen molar-refractivity contribution in [1.29, 1.82) is 0 Å². The maximum atomic E-state index is 6.18. The van der Waals surface area contributed by atoms with Gasteiger partial charge in [-0.25, -0.2) is 9.67 Å². The molecule has 1 aromatic heterocycles. The van der Waals surface area contributed by atoms with Crippen molar-refractivity contribution < 1.29 is 0 Å². The van der Waals surface area contributed by atoms with Gasteiger partial charge >= 0.3 is 0 Å². The smallest absolute Gasteiger partial charge is 0.138 e. The van der Waals surface area contributed by atoms with E-state index >= 15 is 0 Å². The molecule has 3 nitrogen and oxygen atoms in total. The highest BCUT2D eigenvalue weighted by molar-refractivity contribution is 6.35. The molecule has 0 aliphatic carbocycles. The largest absolute Gasteiger partial charge is 0.225 e. The molecule has 18 heavy (non-hydrogen) atoms. The van der Waals surface area contributed by atoms with Crippen molar-refractivity contribution in [3.8, 4) is 0 Å². The predicted octanol–water partition coefficient (Wildman–Crippen LogP) is 4.08. The van der Waals surface area contributed by atoms with Crippen molar-refractivity contribution in [3.05, 3.63) is 52.5 Å². The minimum Gasteiger partial charge on any atom is -0.225 e. The Hall–Kier alpha value is -1.32. The highest BCUT2D eigenvalue weighted by Gasteiger charge is 2.07. The predicted molar refractivity (Wildman–Crippen MR) is 74.8 cm³/mol. The number of halogens is 2. The van der Waals surface area contributed by atoms with Crippen molar-refractivity contribution in [2.24, 2.45) is 0 Å². The summed E-state index contributed by atoms with van der Waals surface area (Å²) in [4.78, 5) is 3.96. The van der Waals surface area contributed by atoms with Gasteiger partial charge in [0.2, 0.25) is 0 Å². The van der Waals surface area contributed by atoms with Crippen LogP contribution in [0, 0.1) is 0 Å². The molecular formula is C13H13Cl2N3. The van der Waals surface area contributed by atoms with Crippen LogP contribution in [0.3, 0.4) is 0 Å². The van der Waals surface area contributed by atoms with Crippen molar-refractivity contribution >= 4 is 28.9 Å². The fourth-order valence-electron chi connectivity index (χ4n) is 1.70. The number of allylic oxidation sites excluding steroid dienone is 2. The van der Waals surface area contributed by atoms with Crippen molar-refractivity contribution in [1.82, 2.24) is 14.8 Å². The zero-order chi connectivity index (χ0) is 13.0. The summed E-state index contributed by atoms with van der Waals surface area (Å²) in [6.45, 7) is 2.08. The van der Waals surface area contributed by atoms with Gasteiger partial charge in [-0.1, -0.05) is 42.3 Å². The minimum absolute atomic E-state index is 0.644. The minimum atomic E-state index is 0.644. The van der Waals surface area contributed by atoms with E-state index in [1.807, 2.05) is 12.1 Å². The zero-order valence-electron chi connectivity index (χ0n) is 9.98. The van der Waals surface area contributed by atoms with Crippen LogP contribution in [-0.4, -0.2) is 14.8 Å². The highest BCUT2D eigenvalue weighted by atomic mass is 35.5. The second-order valence-corrected chi connectivity index (χ2v) is 4.70. The molecule has 1 aromatic carbocycles. The SMILES string of the molecule is CCC=C(Cc1ccc(Cl)cc1Cl)n1cncn1. The highest BCUT2D eigenvalue weighted by Crippen LogP contribution is 2.24. The van der Waals surface area contributed by atoms with Gasteiger partial charge in [-0.15, -0.1) is 0 Å². The standard InChI is InChI=1S/C13H13Cl2N3/c1-2-3-12(18-9-16-8-17-18)6-10-4-5-11(14)7-13(10)15/h3-5,7-9H,2,6H2,1H3. The molecule has 1 heterocycles. The summed E-state index contributed by atoms with van der Waals surface area (Å²) < 4.78 is 1.76. The van der Waals surface area contributed by atoms with Crippen LogP contribution in [0.4, 0.5) is 0 Å². The van der Waals surface area contributed by atoms with Gasteiger partial charge in [0.25, 0.3) is 0 Å². The van der Waals surface area contributed by atoms with Crippen molar-refractivity contribution in [2.75, 3.05) is 0 Å². The van der Waals surface area contributed by atoms with E-state index in [0.717, 1.165) is 17.7 Å². The molecule has 0 N–H and O–H groups in total. The van der Waals surface area contributed by atoms with Crippen molar-refractivity contribution in [3.63, 3.8) is 0 Å². The summed E-state index contributed by atoms with van der Waals surface area (Å²) in [5, 5.41) is 5.46. The van der Waals surface area contributed by atoms with E-state index in [9.17, 15) is 0 Å². The van der Waals surface area contributed by atoms with E-state index < -0.39 is 0 Å². The van der Waals surface area contributed by atoms with E-state index in [1.165, 1.54) is 6.33 Å². The van der Waals surface area contributed by atoms with E-state index in [-0.39, 0.29) is 0 Å². The second-order valence-electron chi connectivity index (χ2n) is 3.86. The molecule has 0 atom stereocenters. The molecule has 0 aliphatic rings. The summed E-state index contributed by atoms with van der Waals surface area (Å²) in [6, 6.07) is 5.53. The zero-order valence-corrected chi connectivity index (χ0v) is 11.5. The van der Waals surface area contributed by atoms with Gasteiger partial charge < -0.3 is 0 Å². The lowest BCUT2D eigenvalue weighted by atomic mass is 10.1. The van der Waals surface area contributed by atoms with E-state index in [2.05, 4.69) is 23.1 Å². The molecule has 0 radical (unpaired) electrons. The molecule has 0 spiro atoms. The Labute approximate surface area is 116 Å². The van der Waals surface area contributed by atoms with Crippen LogP contribution in [0.1, 0.15) is 18.9 Å². The van der Waals surface area contributed by atoms with Crippen LogP contribution < -0.4 is 0 Å². The molecule has 0 saturated heterocycles. The summed E-state index contributed by atoms with van der Waals surface area (Å²) in [6.07, 6.45) is 6.95. The van der Waals surface area contributed by atoms with Crippen LogP contribution in [-0.2, 0) is 6.42 Å². The molecule has 5 heteroatoms. The lowest BCUT2D eigenvalue weighted by molar-refractivity contribution is 0.864. The van der Waals surface area contributed by atoms with Crippen LogP contribution in [0.15, 0.2) is 36.9 Å². The first kappa shape index (κ1) is 13.1. The molecule has 0 aliphatic heterocycles. The summed E-state index contributed by atoms with van der Waals surface area (Å²) in [7, 11) is 0. The molecule has 0 fully saturated rings. The maximum Gasteiger partial charge on any atom is 0.138 e. The number of nitrogens with zero attached hydrogens (tertiary/aromatic N) is 3. The number of hydrogen-bond acceptors (Lipinski definition) is 2. The van der Waals surface area contributed by atoms with Crippen LogP contribution in [0.25, 0.3) is 5.70 Å². The lowest BCUT2D eigenvalue weighted by Crippen LogP contribution is -2.01. The summed E-state index contributed by atoms with van der Waals surface area (Å²) in [5.41, 5.74) is 2.08. The third-order valence-corrected chi connectivity index (χ3v) is 3.13. The average molecular weight is 282 g/mol. The first-order chi connectivity index (χ1) is 8.70. The monoisotopic (exact) mass is 281 g/mol. The number of aromatic nitrogens is 3. The normalized spacial score (nSPS) is 11.8. The number of hydrogen-bond donors (Lipinski definition) is 0. The van der Waals surface area contributed by atoms with E-state index in [4.69, 9.17) is 23.2 Å². The molecule has 0 bridgehead atoms. The lowest BCUT2D eigenvalue weighted by Gasteiger charge is -2.09. The van der Waals surface area contributed by atoms with Crippen LogP contribution >= 0.6 is 23.2 Å².